The number of thioether (sulfide) groups is 1. The van der Waals surface area contributed by atoms with Gasteiger partial charge in [-0.05, 0) is 48.2 Å². The Kier molecular flexibility index (Phi) is 6.07. The number of aryl methyl sites for hydroxylation is 1. The second-order valence-electron chi connectivity index (χ2n) is 5.39. The molecule has 3 aromatic rings. The zero-order chi connectivity index (χ0) is 17.3. The number of para-hydroxylation sites is 2. The summed E-state index contributed by atoms with van der Waals surface area (Å²) < 4.78 is 5.94. The van der Waals surface area contributed by atoms with Crippen molar-refractivity contribution < 1.29 is 4.74 Å². The highest BCUT2D eigenvalue weighted by Crippen LogP contribution is 2.23. The monoisotopic (exact) mass is 345 g/mol. The highest BCUT2D eigenvalue weighted by Gasteiger charge is 2.01. The fraction of sp³-hybridized carbons (Fsp3) is 0.0455. The summed E-state index contributed by atoms with van der Waals surface area (Å²) in [6, 6.07) is 27.8. The van der Waals surface area contributed by atoms with Crippen molar-refractivity contribution in [3.8, 4) is 5.75 Å². The van der Waals surface area contributed by atoms with Crippen molar-refractivity contribution >= 4 is 23.3 Å². The second-order valence-corrected chi connectivity index (χ2v) is 6.33. The first-order chi connectivity index (χ1) is 12.3. The molecular weight excluding hydrogens is 326 g/mol. The van der Waals surface area contributed by atoms with Gasteiger partial charge in [-0.3, -0.25) is 0 Å². The molecule has 0 amide bonds. The van der Waals surface area contributed by atoms with E-state index in [1.165, 1.54) is 10.5 Å². The largest absolute Gasteiger partial charge is 0.439 e. The van der Waals surface area contributed by atoms with Crippen LogP contribution in [-0.2, 0) is 0 Å². The van der Waals surface area contributed by atoms with Gasteiger partial charge >= 0.3 is 0 Å². The van der Waals surface area contributed by atoms with Crippen LogP contribution in [0.15, 0.2) is 106 Å². The predicted octanol–water partition coefficient (Wildman–Crippen LogP) is 6.41. The third kappa shape index (κ3) is 5.37. The Balaban J connectivity index is 1.80. The zero-order valence-electron chi connectivity index (χ0n) is 14.0. The average molecular weight is 345 g/mol. The maximum Gasteiger partial charge on any atom is 0.220 e. The molecular formula is C22H19NOS. The molecule has 0 spiro atoms. The van der Waals surface area contributed by atoms with Crippen LogP contribution in [0.1, 0.15) is 5.56 Å². The molecule has 0 unspecified atom stereocenters. The normalized spacial score (nSPS) is 11.6. The second kappa shape index (κ2) is 8.90. The van der Waals surface area contributed by atoms with E-state index < -0.39 is 0 Å². The highest BCUT2D eigenvalue weighted by atomic mass is 32.2. The Hall–Kier alpha value is -2.78. The summed E-state index contributed by atoms with van der Waals surface area (Å²) in [5, 5.41) is 2.01. The van der Waals surface area contributed by atoms with Crippen molar-refractivity contribution in [1.82, 2.24) is 0 Å². The Morgan fingerprint density at radius 3 is 2.20 bits per heavy atom. The van der Waals surface area contributed by atoms with Gasteiger partial charge in [0.05, 0.1) is 5.69 Å². The van der Waals surface area contributed by atoms with Gasteiger partial charge in [0.15, 0.2) is 0 Å². The summed E-state index contributed by atoms with van der Waals surface area (Å²) in [6.45, 7) is 2.11. The quantitative estimate of drug-likeness (QED) is 0.303. The van der Waals surface area contributed by atoms with Gasteiger partial charge in [-0.2, -0.15) is 0 Å². The lowest BCUT2D eigenvalue weighted by atomic mass is 10.2. The molecule has 3 rings (SSSR count). The van der Waals surface area contributed by atoms with E-state index in [9.17, 15) is 0 Å². The number of benzene rings is 3. The van der Waals surface area contributed by atoms with E-state index >= 15 is 0 Å². The Morgan fingerprint density at radius 1 is 0.840 bits per heavy atom. The van der Waals surface area contributed by atoms with Gasteiger partial charge in [-0.15, -0.1) is 0 Å². The number of nitrogens with zero attached hydrogens (tertiary/aromatic N) is 1. The first-order valence-corrected chi connectivity index (χ1v) is 8.95. The van der Waals surface area contributed by atoms with Gasteiger partial charge in [-0.1, -0.05) is 66.4 Å². The van der Waals surface area contributed by atoms with Gasteiger partial charge in [0, 0.05) is 11.0 Å². The van der Waals surface area contributed by atoms with Crippen LogP contribution in [0.3, 0.4) is 0 Å². The number of rotatable bonds is 5. The van der Waals surface area contributed by atoms with E-state index in [0.29, 0.717) is 5.90 Å². The maximum atomic E-state index is 5.94. The summed E-state index contributed by atoms with van der Waals surface area (Å²) in [4.78, 5) is 5.82. The Morgan fingerprint density at radius 2 is 1.48 bits per heavy atom. The molecule has 3 aromatic carbocycles. The molecule has 0 fully saturated rings. The molecule has 0 aliphatic heterocycles. The predicted molar refractivity (Wildman–Crippen MR) is 107 cm³/mol. The Bertz CT molecular complexity index is 857. The average Bonchev–Trinajstić information content (AvgIpc) is 2.65. The SMILES string of the molecule is Cc1ccccc1SC=CC(=Nc1ccccc1)Oc1ccccc1. The van der Waals surface area contributed by atoms with E-state index in [-0.39, 0.29) is 0 Å². The van der Waals surface area contributed by atoms with Crippen molar-refractivity contribution in [3.05, 3.63) is 102 Å². The van der Waals surface area contributed by atoms with E-state index in [1.54, 1.807) is 11.8 Å². The summed E-state index contributed by atoms with van der Waals surface area (Å²) >= 11 is 1.66. The van der Waals surface area contributed by atoms with Crippen LogP contribution in [0, 0.1) is 6.92 Å². The maximum absolute atomic E-state index is 5.94. The minimum absolute atomic E-state index is 0.554. The van der Waals surface area contributed by atoms with E-state index in [4.69, 9.17) is 4.74 Å². The molecule has 0 N–H and O–H groups in total. The molecule has 0 aromatic heterocycles. The van der Waals surface area contributed by atoms with Gasteiger partial charge in [0.1, 0.15) is 5.75 Å². The topological polar surface area (TPSA) is 21.6 Å². The first kappa shape index (κ1) is 17.1. The lowest BCUT2D eigenvalue weighted by molar-refractivity contribution is 0.556. The molecule has 0 radical (unpaired) electrons. The number of aliphatic imine (C=N–C) groups is 1. The molecule has 124 valence electrons. The molecule has 25 heavy (non-hydrogen) atoms. The van der Waals surface area contributed by atoms with Gasteiger partial charge in [0.25, 0.3) is 0 Å². The third-order valence-corrected chi connectivity index (χ3v) is 4.44. The van der Waals surface area contributed by atoms with Crippen molar-refractivity contribution in [2.75, 3.05) is 0 Å². The molecule has 0 aliphatic carbocycles. The summed E-state index contributed by atoms with van der Waals surface area (Å²) in [6.07, 6.45) is 1.90. The first-order valence-electron chi connectivity index (χ1n) is 8.07. The van der Waals surface area contributed by atoms with Crippen LogP contribution >= 0.6 is 11.8 Å². The molecule has 2 nitrogen and oxygen atoms in total. The van der Waals surface area contributed by atoms with Crippen LogP contribution in [0.5, 0.6) is 5.75 Å². The van der Waals surface area contributed by atoms with Crippen LogP contribution in [0.25, 0.3) is 0 Å². The van der Waals surface area contributed by atoms with Crippen LogP contribution in [0.2, 0.25) is 0 Å². The van der Waals surface area contributed by atoms with Crippen LogP contribution < -0.4 is 4.74 Å². The van der Waals surface area contributed by atoms with Crippen molar-refractivity contribution in [3.63, 3.8) is 0 Å². The third-order valence-electron chi connectivity index (χ3n) is 3.46. The van der Waals surface area contributed by atoms with Gasteiger partial charge in [-0.25, -0.2) is 4.99 Å². The van der Waals surface area contributed by atoms with E-state index in [0.717, 1.165) is 11.4 Å². The molecule has 0 aliphatic rings. The fourth-order valence-electron chi connectivity index (χ4n) is 2.19. The summed E-state index contributed by atoms with van der Waals surface area (Å²) in [7, 11) is 0. The minimum atomic E-state index is 0.554. The van der Waals surface area contributed by atoms with Gasteiger partial charge in [0.2, 0.25) is 5.90 Å². The lowest BCUT2D eigenvalue weighted by Gasteiger charge is -2.06. The molecule has 0 atom stereocenters. The number of ether oxygens (including phenoxy) is 1. The number of hydrogen-bond acceptors (Lipinski definition) is 3. The van der Waals surface area contributed by atoms with Crippen molar-refractivity contribution in [2.24, 2.45) is 4.99 Å². The standard InChI is InChI=1S/C22H19NOS/c1-18-10-8-9-15-21(18)25-17-16-22(23-19-11-4-2-5-12-19)24-20-13-6-3-7-14-20/h2-17H,1H3. The Labute approximate surface area is 152 Å². The molecule has 0 saturated carbocycles. The minimum Gasteiger partial charge on any atom is -0.439 e. The summed E-state index contributed by atoms with van der Waals surface area (Å²) in [5.74, 6) is 1.32. The highest BCUT2D eigenvalue weighted by molar-refractivity contribution is 8.02. The molecule has 0 bridgehead atoms. The molecule has 3 heteroatoms. The fourth-order valence-corrected chi connectivity index (χ4v) is 2.93. The van der Waals surface area contributed by atoms with E-state index in [1.807, 2.05) is 84.3 Å². The van der Waals surface area contributed by atoms with Gasteiger partial charge < -0.3 is 4.74 Å². The van der Waals surface area contributed by atoms with Crippen molar-refractivity contribution in [2.45, 2.75) is 11.8 Å². The van der Waals surface area contributed by atoms with Crippen LogP contribution in [-0.4, -0.2) is 5.90 Å². The van der Waals surface area contributed by atoms with Crippen molar-refractivity contribution in [1.29, 1.82) is 0 Å². The number of hydrogen-bond donors (Lipinski definition) is 0. The van der Waals surface area contributed by atoms with Crippen LogP contribution in [0.4, 0.5) is 5.69 Å². The lowest BCUT2D eigenvalue weighted by Crippen LogP contribution is -2.04. The molecule has 0 heterocycles. The van der Waals surface area contributed by atoms with E-state index in [2.05, 4.69) is 24.0 Å². The molecule has 0 saturated heterocycles. The zero-order valence-corrected chi connectivity index (χ0v) is 14.8. The smallest absolute Gasteiger partial charge is 0.220 e. The summed E-state index contributed by atoms with van der Waals surface area (Å²) in [5.41, 5.74) is 2.11.